The number of ether oxygens (including phenoxy) is 1. The van der Waals surface area contributed by atoms with Crippen LogP contribution in [-0.2, 0) is 4.74 Å². The average Bonchev–Trinajstić information content (AvgIpc) is 2.89. The number of amides is 1. The van der Waals surface area contributed by atoms with Crippen LogP contribution in [0.3, 0.4) is 0 Å². The van der Waals surface area contributed by atoms with Crippen LogP contribution in [0.25, 0.3) is 11.2 Å². The number of carbonyl (C=O) groups is 1. The van der Waals surface area contributed by atoms with Gasteiger partial charge in [0.05, 0.1) is 11.9 Å². The van der Waals surface area contributed by atoms with Crippen LogP contribution < -0.4 is 5.32 Å². The first-order valence-corrected chi connectivity index (χ1v) is 8.03. The highest BCUT2D eigenvalue weighted by Gasteiger charge is 2.23. The zero-order valence-corrected chi connectivity index (χ0v) is 13.9. The highest BCUT2D eigenvalue weighted by atomic mass is 16.6. The minimum atomic E-state index is -0.473. The van der Waals surface area contributed by atoms with Crippen molar-refractivity contribution in [2.75, 3.05) is 0 Å². The van der Waals surface area contributed by atoms with Gasteiger partial charge in [0.1, 0.15) is 11.2 Å². The summed E-state index contributed by atoms with van der Waals surface area (Å²) in [6, 6.07) is 6.06. The second-order valence-corrected chi connectivity index (χ2v) is 6.93. The molecule has 0 saturated carbocycles. The Morgan fingerprint density at radius 1 is 1.39 bits per heavy atom. The summed E-state index contributed by atoms with van der Waals surface area (Å²) in [6.45, 7) is 5.62. The number of aromatic nitrogens is 2. The van der Waals surface area contributed by atoms with Crippen LogP contribution in [0.15, 0.2) is 36.7 Å². The van der Waals surface area contributed by atoms with Gasteiger partial charge in [-0.1, -0.05) is 12.1 Å². The van der Waals surface area contributed by atoms with E-state index in [9.17, 15) is 4.79 Å². The van der Waals surface area contributed by atoms with Crippen molar-refractivity contribution >= 4 is 17.3 Å². The molecule has 1 N–H and O–H groups in total. The van der Waals surface area contributed by atoms with Gasteiger partial charge in [-0.25, -0.2) is 9.78 Å². The Hall–Kier alpha value is -2.30. The first kappa shape index (κ1) is 15.6. The van der Waals surface area contributed by atoms with Crippen LogP contribution >= 0.6 is 0 Å². The van der Waals surface area contributed by atoms with Crippen LogP contribution in [0, 0.1) is 0 Å². The maximum Gasteiger partial charge on any atom is 0.407 e. The summed E-state index contributed by atoms with van der Waals surface area (Å²) in [4.78, 5) is 16.4. The molecule has 1 atom stereocenters. The Morgan fingerprint density at radius 3 is 3.00 bits per heavy atom. The molecule has 0 saturated heterocycles. The molecule has 122 valence electrons. The van der Waals surface area contributed by atoms with Crippen molar-refractivity contribution < 1.29 is 9.53 Å². The van der Waals surface area contributed by atoms with Gasteiger partial charge in [0, 0.05) is 12.2 Å². The summed E-state index contributed by atoms with van der Waals surface area (Å²) in [5.74, 6) is 0. The number of nitrogens with one attached hydrogen (secondary N) is 1. The van der Waals surface area contributed by atoms with Crippen molar-refractivity contribution in [3.05, 3.63) is 42.4 Å². The monoisotopic (exact) mass is 313 g/mol. The zero-order valence-electron chi connectivity index (χ0n) is 13.9. The molecule has 2 aromatic heterocycles. The number of carbonyl (C=O) groups excluding carboxylic acids is 1. The topological polar surface area (TPSA) is 55.6 Å². The van der Waals surface area contributed by atoms with Gasteiger partial charge in [-0.05, 0) is 57.7 Å². The van der Waals surface area contributed by atoms with Crippen LogP contribution in [0.2, 0.25) is 0 Å². The van der Waals surface area contributed by atoms with E-state index in [1.807, 2.05) is 51.4 Å². The second-order valence-electron chi connectivity index (χ2n) is 6.93. The lowest BCUT2D eigenvalue weighted by Crippen LogP contribution is -2.39. The fourth-order valence-corrected chi connectivity index (χ4v) is 2.89. The van der Waals surface area contributed by atoms with E-state index in [1.165, 1.54) is 5.57 Å². The molecule has 3 rings (SSSR count). The molecule has 1 aliphatic carbocycles. The third kappa shape index (κ3) is 3.73. The number of fused-ring (bicyclic) bond motifs is 1. The van der Waals surface area contributed by atoms with Gasteiger partial charge in [-0.2, -0.15) is 0 Å². The predicted molar refractivity (Wildman–Crippen MR) is 90.2 cm³/mol. The lowest BCUT2D eigenvalue weighted by molar-refractivity contribution is 0.0502. The van der Waals surface area contributed by atoms with E-state index in [0.717, 1.165) is 30.6 Å². The number of nitrogens with zero attached hydrogens (tertiary/aromatic N) is 2. The SMILES string of the molecule is CC(C)(C)OC(=O)NC1CCC=C(c2cnc3ccccn23)C1. The number of alkyl carbamates (subject to hydrolysis) is 1. The number of hydrogen-bond acceptors (Lipinski definition) is 3. The molecule has 5 nitrogen and oxygen atoms in total. The van der Waals surface area contributed by atoms with Crippen molar-refractivity contribution in [3.8, 4) is 0 Å². The molecule has 0 fully saturated rings. The maximum absolute atomic E-state index is 12.0. The Kier molecular flexibility index (Phi) is 4.11. The van der Waals surface area contributed by atoms with Gasteiger partial charge in [-0.3, -0.25) is 0 Å². The fourth-order valence-electron chi connectivity index (χ4n) is 2.89. The zero-order chi connectivity index (χ0) is 16.4. The van der Waals surface area contributed by atoms with E-state index in [-0.39, 0.29) is 12.1 Å². The van der Waals surface area contributed by atoms with Gasteiger partial charge in [0.15, 0.2) is 0 Å². The average molecular weight is 313 g/mol. The van der Waals surface area contributed by atoms with Crippen LogP contribution in [0.4, 0.5) is 4.79 Å². The van der Waals surface area contributed by atoms with Crippen molar-refractivity contribution in [2.45, 2.75) is 51.7 Å². The first-order chi connectivity index (χ1) is 10.9. The first-order valence-electron chi connectivity index (χ1n) is 8.03. The molecule has 2 heterocycles. The second kappa shape index (κ2) is 6.07. The highest BCUT2D eigenvalue weighted by Crippen LogP contribution is 2.27. The van der Waals surface area contributed by atoms with E-state index in [4.69, 9.17) is 4.74 Å². The third-order valence-corrected chi connectivity index (χ3v) is 3.84. The molecular formula is C18H23N3O2. The van der Waals surface area contributed by atoms with E-state index < -0.39 is 5.60 Å². The molecule has 2 aromatic rings. The Balaban J connectivity index is 1.71. The van der Waals surface area contributed by atoms with Gasteiger partial charge >= 0.3 is 6.09 Å². The fraction of sp³-hybridized carbons (Fsp3) is 0.444. The van der Waals surface area contributed by atoms with Gasteiger partial charge in [0.2, 0.25) is 0 Å². The normalized spacial score (nSPS) is 18.6. The van der Waals surface area contributed by atoms with E-state index >= 15 is 0 Å². The molecule has 1 unspecified atom stereocenters. The van der Waals surface area contributed by atoms with Crippen LogP contribution in [0.1, 0.15) is 45.7 Å². The molecule has 0 bridgehead atoms. The van der Waals surface area contributed by atoms with E-state index in [1.54, 1.807) is 0 Å². The van der Waals surface area contributed by atoms with E-state index in [0.29, 0.717) is 0 Å². The largest absolute Gasteiger partial charge is 0.444 e. The number of imidazole rings is 1. The van der Waals surface area contributed by atoms with Gasteiger partial charge < -0.3 is 14.5 Å². The highest BCUT2D eigenvalue weighted by molar-refractivity contribution is 5.70. The molecule has 0 aromatic carbocycles. The summed E-state index contributed by atoms with van der Waals surface area (Å²) in [5, 5.41) is 2.98. The number of pyridine rings is 1. The third-order valence-electron chi connectivity index (χ3n) is 3.84. The van der Waals surface area contributed by atoms with Crippen LogP contribution in [-0.4, -0.2) is 27.1 Å². The molecule has 1 amide bonds. The predicted octanol–water partition coefficient (Wildman–Crippen LogP) is 3.79. The number of hydrogen-bond donors (Lipinski definition) is 1. The van der Waals surface area contributed by atoms with Crippen LogP contribution in [0.5, 0.6) is 0 Å². The van der Waals surface area contributed by atoms with Gasteiger partial charge in [0.25, 0.3) is 0 Å². The van der Waals surface area contributed by atoms with Gasteiger partial charge in [-0.15, -0.1) is 0 Å². The Labute approximate surface area is 136 Å². The Bertz CT molecular complexity index is 740. The molecule has 1 aliphatic rings. The number of allylic oxidation sites excluding steroid dienone is 1. The standard InChI is InChI=1S/C18H23N3O2/c1-18(2,3)23-17(22)20-14-8-6-7-13(11-14)15-12-19-16-9-4-5-10-21(15)16/h4-5,7,9-10,12,14H,6,8,11H2,1-3H3,(H,20,22). The Morgan fingerprint density at radius 2 is 2.22 bits per heavy atom. The minimum Gasteiger partial charge on any atom is -0.444 e. The summed E-state index contributed by atoms with van der Waals surface area (Å²) in [6.07, 6.45) is 8.48. The molecule has 0 aliphatic heterocycles. The smallest absolute Gasteiger partial charge is 0.407 e. The lowest BCUT2D eigenvalue weighted by Gasteiger charge is -2.26. The summed E-state index contributed by atoms with van der Waals surface area (Å²) >= 11 is 0. The summed E-state index contributed by atoms with van der Waals surface area (Å²) in [7, 11) is 0. The molecule has 0 radical (unpaired) electrons. The molecule has 23 heavy (non-hydrogen) atoms. The molecule has 5 heteroatoms. The summed E-state index contributed by atoms with van der Waals surface area (Å²) in [5.41, 5.74) is 2.77. The van der Waals surface area contributed by atoms with Crippen molar-refractivity contribution in [2.24, 2.45) is 0 Å². The maximum atomic E-state index is 12.0. The molecule has 0 spiro atoms. The summed E-state index contributed by atoms with van der Waals surface area (Å²) < 4.78 is 7.43. The van der Waals surface area contributed by atoms with E-state index in [2.05, 4.69) is 20.8 Å². The quantitative estimate of drug-likeness (QED) is 0.917. The lowest BCUT2D eigenvalue weighted by atomic mass is 9.93. The van der Waals surface area contributed by atoms with Crippen molar-refractivity contribution in [3.63, 3.8) is 0 Å². The van der Waals surface area contributed by atoms with Crippen molar-refractivity contribution in [1.29, 1.82) is 0 Å². The molecular weight excluding hydrogens is 290 g/mol. The minimum absolute atomic E-state index is 0.0964. The van der Waals surface area contributed by atoms with Crippen molar-refractivity contribution in [1.82, 2.24) is 14.7 Å². The number of rotatable bonds is 2.